The zero-order valence-electron chi connectivity index (χ0n) is 6.75. The van der Waals surface area contributed by atoms with Gasteiger partial charge in [0.2, 0.25) is 0 Å². The number of nitriles is 1. The fraction of sp³-hybridized carbons (Fsp3) is 0. The summed E-state index contributed by atoms with van der Waals surface area (Å²) < 4.78 is 13.0. The fourth-order valence-electron chi connectivity index (χ4n) is 1.01. The van der Waals surface area contributed by atoms with Crippen LogP contribution in [0.4, 0.5) is 4.39 Å². The van der Waals surface area contributed by atoms with Gasteiger partial charge in [-0.15, -0.1) is 0 Å². The SMILES string of the molecule is N#Cc1c(F)ccc(C=O)c1C(=O)Cl. The number of hydrogen-bond donors (Lipinski definition) is 0. The molecule has 0 radical (unpaired) electrons. The molecular formula is C9H3ClFNO2. The van der Waals surface area contributed by atoms with Crippen molar-refractivity contribution in [2.24, 2.45) is 0 Å². The molecule has 1 aromatic carbocycles. The third kappa shape index (κ3) is 1.63. The molecular weight excluding hydrogens is 209 g/mol. The van der Waals surface area contributed by atoms with Gasteiger partial charge in [0.05, 0.1) is 5.56 Å². The number of carbonyl (C=O) groups is 2. The van der Waals surface area contributed by atoms with Crippen LogP contribution in [0.3, 0.4) is 0 Å². The number of aldehydes is 1. The van der Waals surface area contributed by atoms with Gasteiger partial charge < -0.3 is 0 Å². The first kappa shape index (κ1) is 10.4. The maximum absolute atomic E-state index is 13.0. The minimum atomic E-state index is -1.02. The van der Waals surface area contributed by atoms with E-state index in [9.17, 15) is 14.0 Å². The van der Waals surface area contributed by atoms with E-state index in [1.807, 2.05) is 0 Å². The Labute approximate surface area is 83.7 Å². The largest absolute Gasteiger partial charge is 0.298 e. The Kier molecular flexibility index (Phi) is 2.95. The molecule has 0 aliphatic heterocycles. The lowest BCUT2D eigenvalue weighted by Crippen LogP contribution is -2.03. The molecule has 14 heavy (non-hydrogen) atoms. The first-order valence-electron chi connectivity index (χ1n) is 3.49. The van der Waals surface area contributed by atoms with E-state index in [0.717, 1.165) is 12.1 Å². The van der Waals surface area contributed by atoms with Gasteiger partial charge in [0.25, 0.3) is 5.24 Å². The normalized spacial score (nSPS) is 9.21. The Morgan fingerprint density at radius 3 is 2.64 bits per heavy atom. The lowest BCUT2D eigenvalue weighted by molar-refractivity contribution is 0.106. The zero-order chi connectivity index (χ0) is 10.7. The van der Waals surface area contributed by atoms with E-state index in [4.69, 9.17) is 16.9 Å². The maximum atomic E-state index is 13.0. The topological polar surface area (TPSA) is 57.9 Å². The van der Waals surface area contributed by atoms with Crippen molar-refractivity contribution in [3.63, 3.8) is 0 Å². The van der Waals surface area contributed by atoms with Crippen LogP contribution in [0, 0.1) is 17.1 Å². The van der Waals surface area contributed by atoms with Crippen molar-refractivity contribution >= 4 is 23.1 Å². The Hall–Kier alpha value is -1.73. The molecule has 0 aliphatic rings. The number of carbonyl (C=O) groups excluding carboxylic acids is 2. The monoisotopic (exact) mass is 211 g/mol. The molecule has 0 saturated carbocycles. The van der Waals surface area contributed by atoms with Crippen molar-refractivity contribution in [2.75, 3.05) is 0 Å². The third-order valence-electron chi connectivity index (χ3n) is 1.62. The van der Waals surface area contributed by atoms with Crippen molar-refractivity contribution in [1.29, 1.82) is 5.26 Å². The molecule has 0 spiro atoms. The molecule has 0 saturated heterocycles. The van der Waals surface area contributed by atoms with Crippen molar-refractivity contribution in [3.05, 3.63) is 34.6 Å². The average molecular weight is 212 g/mol. The second kappa shape index (κ2) is 3.99. The van der Waals surface area contributed by atoms with Crippen LogP contribution in [0.15, 0.2) is 12.1 Å². The standard InChI is InChI=1S/C9H3ClFNO2/c10-9(14)8-5(4-13)1-2-7(11)6(8)3-12/h1-2,4H. The molecule has 0 N–H and O–H groups in total. The van der Waals surface area contributed by atoms with E-state index < -0.39 is 16.6 Å². The summed E-state index contributed by atoms with van der Waals surface area (Å²) in [4.78, 5) is 21.3. The van der Waals surface area contributed by atoms with Crippen molar-refractivity contribution in [3.8, 4) is 6.07 Å². The molecule has 70 valence electrons. The first-order chi connectivity index (χ1) is 6.61. The maximum Gasteiger partial charge on any atom is 0.254 e. The highest BCUT2D eigenvalue weighted by Gasteiger charge is 2.17. The van der Waals surface area contributed by atoms with Crippen LogP contribution < -0.4 is 0 Å². The Balaban J connectivity index is 3.62. The van der Waals surface area contributed by atoms with Crippen molar-refractivity contribution < 1.29 is 14.0 Å². The highest BCUT2D eigenvalue weighted by Crippen LogP contribution is 2.18. The van der Waals surface area contributed by atoms with Gasteiger partial charge in [-0.25, -0.2) is 4.39 Å². The van der Waals surface area contributed by atoms with Crippen LogP contribution in [-0.4, -0.2) is 11.5 Å². The van der Waals surface area contributed by atoms with E-state index in [-0.39, 0.29) is 11.1 Å². The molecule has 0 atom stereocenters. The lowest BCUT2D eigenvalue weighted by atomic mass is 10.0. The smallest absolute Gasteiger partial charge is 0.254 e. The quantitative estimate of drug-likeness (QED) is 0.554. The predicted octanol–water partition coefficient (Wildman–Crippen LogP) is 1.89. The summed E-state index contributed by atoms with van der Waals surface area (Å²) in [5.41, 5.74) is -0.985. The summed E-state index contributed by atoms with van der Waals surface area (Å²) in [6.45, 7) is 0. The zero-order valence-corrected chi connectivity index (χ0v) is 7.51. The Morgan fingerprint density at radius 1 is 1.57 bits per heavy atom. The van der Waals surface area contributed by atoms with Crippen LogP contribution in [0.1, 0.15) is 26.3 Å². The molecule has 0 heterocycles. The summed E-state index contributed by atoms with van der Waals surface area (Å²) in [5, 5.41) is 7.53. The minimum absolute atomic E-state index is 0.0945. The van der Waals surface area contributed by atoms with Gasteiger partial charge in [0.15, 0.2) is 6.29 Å². The number of benzene rings is 1. The van der Waals surface area contributed by atoms with E-state index in [2.05, 4.69) is 0 Å². The predicted molar refractivity (Wildman–Crippen MR) is 46.7 cm³/mol. The summed E-state index contributed by atoms with van der Waals surface area (Å²) in [5.74, 6) is -0.873. The molecule has 5 heteroatoms. The van der Waals surface area contributed by atoms with Crippen LogP contribution in [0.5, 0.6) is 0 Å². The number of hydrogen-bond acceptors (Lipinski definition) is 3. The van der Waals surface area contributed by atoms with Crippen LogP contribution in [0.2, 0.25) is 0 Å². The number of rotatable bonds is 2. The van der Waals surface area contributed by atoms with E-state index in [1.165, 1.54) is 6.07 Å². The summed E-state index contributed by atoms with van der Waals surface area (Å²) in [6.07, 6.45) is 0.343. The van der Waals surface area contributed by atoms with Crippen LogP contribution in [0.25, 0.3) is 0 Å². The van der Waals surface area contributed by atoms with Crippen LogP contribution >= 0.6 is 11.6 Å². The molecule has 0 unspecified atom stereocenters. The van der Waals surface area contributed by atoms with Gasteiger partial charge in [-0.2, -0.15) is 5.26 Å². The second-order valence-corrected chi connectivity index (χ2v) is 2.73. The van der Waals surface area contributed by atoms with Gasteiger partial charge in [-0.05, 0) is 23.7 Å². The third-order valence-corrected chi connectivity index (χ3v) is 1.81. The molecule has 0 aromatic heterocycles. The fourth-order valence-corrected chi connectivity index (χ4v) is 1.22. The van der Waals surface area contributed by atoms with Gasteiger partial charge in [-0.3, -0.25) is 9.59 Å². The summed E-state index contributed by atoms with van der Waals surface area (Å²) in [7, 11) is 0. The molecule has 1 aromatic rings. The van der Waals surface area contributed by atoms with Gasteiger partial charge >= 0.3 is 0 Å². The van der Waals surface area contributed by atoms with Gasteiger partial charge in [0.1, 0.15) is 17.4 Å². The highest BCUT2D eigenvalue weighted by molar-refractivity contribution is 6.68. The average Bonchev–Trinajstić information content (AvgIpc) is 2.17. The number of halogens is 2. The summed E-state index contributed by atoms with van der Waals surface area (Å²) >= 11 is 5.13. The molecule has 0 aliphatic carbocycles. The van der Waals surface area contributed by atoms with E-state index in [1.54, 1.807) is 0 Å². The molecule has 1 rings (SSSR count). The highest BCUT2D eigenvalue weighted by atomic mass is 35.5. The Morgan fingerprint density at radius 2 is 2.21 bits per heavy atom. The lowest BCUT2D eigenvalue weighted by Gasteiger charge is -2.01. The van der Waals surface area contributed by atoms with E-state index in [0.29, 0.717) is 6.29 Å². The van der Waals surface area contributed by atoms with Gasteiger partial charge in [-0.1, -0.05) is 0 Å². The molecule has 0 bridgehead atoms. The molecule has 0 amide bonds. The van der Waals surface area contributed by atoms with Crippen LogP contribution in [-0.2, 0) is 0 Å². The first-order valence-corrected chi connectivity index (χ1v) is 3.87. The minimum Gasteiger partial charge on any atom is -0.298 e. The number of nitrogens with zero attached hydrogens (tertiary/aromatic N) is 1. The van der Waals surface area contributed by atoms with Gasteiger partial charge in [0, 0.05) is 5.56 Å². The van der Waals surface area contributed by atoms with Crippen molar-refractivity contribution in [1.82, 2.24) is 0 Å². The second-order valence-electron chi connectivity index (χ2n) is 2.39. The van der Waals surface area contributed by atoms with Crippen molar-refractivity contribution in [2.45, 2.75) is 0 Å². The molecule has 0 fully saturated rings. The summed E-state index contributed by atoms with van der Waals surface area (Å²) in [6, 6.07) is 3.51. The van der Waals surface area contributed by atoms with E-state index >= 15 is 0 Å². The molecule has 3 nitrogen and oxygen atoms in total. The Bertz CT molecular complexity index is 451.